The standard InChI is InChI=1S/C17H15ClFN3O4/c1-4-26-17(23)11-8-22-14(21-11)7-20-16(19)15(22)9-5-12(24-2)13(25-3)6-10(9)18/h5-8H,4H2,1-3H3. The van der Waals surface area contributed by atoms with Gasteiger partial charge in [0.1, 0.15) is 5.69 Å². The Labute approximate surface area is 153 Å². The molecule has 0 aliphatic heterocycles. The van der Waals surface area contributed by atoms with Gasteiger partial charge in [-0.3, -0.25) is 4.40 Å². The maximum atomic E-state index is 14.6. The number of halogens is 2. The fourth-order valence-electron chi connectivity index (χ4n) is 2.52. The highest BCUT2D eigenvalue weighted by atomic mass is 35.5. The number of carbonyl (C=O) groups is 1. The van der Waals surface area contributed by atoms with Crippen molar-refractivity contribution in [2.75, 3.05) is 20.8 Å². The molecule has 26 heavy (non-hydrogen) atoms. The van der Waals surface area contributed by atoms with Gasteiger partial charge in [-0.05, 0) is 13.0 Å². The topological polar surface area (TPSA) is 75.0 Å². The van der Waals surface area contributed by atoms with E-state index in [2.05, 4.69) is 9.97 Å². The smallest absolute Gasteiger partial charge is 0.358 e. The molecule has 3 aromatic rings. The molecule has 7 nitrogen and oxygen atoms in total. The fourth-order valence-corrected chi connectivity index (χ4v) is 2.76. The molecule has 136 valence electrons. The molecule has 0 aliphatic carbocycles. The van der Waals surface area contributed by atoms with E-state index in [9.17, 15) is 9.18 Å². The molecule has 0 amide bonds. The quantitative estimate of drug-likeness (QED) is 0.633. The van der Waals surface area contributed by atoms with Crippen molar-refractivity contribution in [1.82, 2.24) is 14.4 Å². The Morgan fingerprint density at radius 1 is 1.27 bits per heavy atom. The summed E-state index contributed by atoms with van der Waals surface area (Å²) in [5, 5.41) is 0.224. The first-order valence-corrected chi connectivity index (χ1v) is 8.00. The van der Waals surface area contributed by atoms with Gasteiger partial charge in [0.15, 0.2) is 22.8 Å². The molecule has 2 heterocycles. The van der Waals surface area contributed by atoms with E-state index in [1.807, 2.05) is 0 Å². The molecule has 0 saturated carbocycles. The van der Waals surface area contributed by atoms with Gasteiger partial charge < -0.3 is 14.2 Å². The normalized spacial score (nSPS) is 10.8. The van der Waals surface area contributed by atoms with E-state index in [1.54, 1.807) is 6.92 Å². The molecule has 0 N–H and O–H groups in total. The van der Waals surface area contributed by atoms with E-state index in [0.29, 0.717) is 17.1 Å². The summed E-state index contributed by atoms with van der Waals surface area (Å²) in [5.41, 5.74) is 0.664. The number of esters is 1. The number of ether oxygens (including phenoxy) is 3. The average Bonchev–Trinajstić information content (AvgIpc) is 3.06. The maximum absolute atomic E-state index is 14.6. The lowest BCUT2D eigenvalue weighted by molar-refractivity contribution is 0.0520. The summed E-state index contributed by atoms with van der Waals surface area (Å²) in [6.45, 7) is 1.89. The van der Waals surface area contributed by atoms with Crippen LogP contribution in [-0.2, 0) is 4.74 Å². The second-order valence-corrected chi connectivity index (χ2v) is 5.57. The number of hydrogen-bond acceptors (Lipinski definition) is 6. The van der Waals surface area contributed by atoms with Crippen molar-refractivity contribution in [2.45, 2.75) is 6.92 Å². The number of aromatic nitrogens is 3. The minimum absolute atomic E-state index is 0.0384. The fraction of sp³-hybridized carbons (Fsp3) is 0.235. The van der Waals surface area contributed by atoms with Crippen molar-refractivity contribution in [1.29, 1.82) is 0 Å². The molecule has 0 unspecified atom stereocenters. The number of hydrogen-bond donors (Lipinski definition) is 0. The van der Waals surface area contributed by atoms with Crippen LogP contribution in [0.25, 0.3) is 16.9 Å². The molecule has 0 saturated heterocycles. The molecule has 2 aromatic heterocycles. The van der Waals surface area contributed by atoms with Gasteiger partial charge >= 0.3 is 5.97 Å². The number of rotatable bonds is 5. The Bertz CT molecular complexity index is 990. The zero-order chi connectivity index (χ0) is 18.8. The largest absolute Gasteiger partial charge is 0.493 e. The van der Waals surface area contributed by atoms with E-state index < -0.39 is 11.9 Å². The van der Waals surface area contributed by atoms with Crippen LogP contribution < -0.4 is 9.47 Å². The zero-order valence-corrected chi connectivity index (χ0v) is 15.0. The Hall–Kier alpha value is -2.87. The third-order valence-corrected chi connectivity index (χ3v) is 3.99. The first-order chi connectivity index (χ1) is 12.5. The Morgan fingerprint density at radius 3 is 2.62 bits per heavy atom. The molecule has 1 aromatic carbocycles. The van der Waals surface area contributed by atoms with Crippen LogP contribution in [0.15, 0.2) is 24.5 Å². The third kappa shape index (κ3) is 3.03. The van der Waals surface area contributed by atoms with Crippen molar-refractivity contribution in [3.63, 3.8) is 0 Å². The Balaban J connectivity index is 2.24. The minimum atomic E-state index is -0.778. The van der Waals surface area contributed by atoms with Gasteiger partial charge in [-0.1, -0.05) is 11.6 Å². The highest BCUT2D eigenvalue weighted by Crippen LogP contribution is 2.39. The number of methoxy groups -OCH3 is 2. The highest BCUT2D eigenvalue weighted by Gasteiger charge is 2.21. The molecule has 0 atom stereocenters. The van der Waals surface area contributed by atoms with E-state index in [4.69, 9.17) is 25.8 Å². The predicted molar refractivity (Wildman–Crippen MR) is 92.5 cm³/mol. The molecular weight excluding hydrogens is 365 g/mol. The van der Waals surface area contributed by atoms with Gasteiger partial charge in [0.25, 0.3) is 0 Å². The third-order valence-electron chi connectivity index (χ3n) is 3.68. The van der Waals surface area contributed by atoms with Crippen LogP contribution in [0.5, 0.6) is 11.5 Å². The summed E-state index contributed by atoms with van der Waals surface area (Å²) in [5.74, 6) is -0.617. The molecule has 0 aliphatic rings. The van der Waals surface area contributed by atoms with E-state index in [0.717, 1.165) is 0 Å². The highest BCUT2D eigenvalue weighted by molar-refractivity contribution is 6.33. The van der Waals surface area contributed by atoms with Crippen LogP contribution >= 0.6 is 11.6 Å². The van der Waals surface area contributed by atoms with Crippen LogP contribution in [0.2, 0.25) is 5.02 Å². The first-order valence-electron chi connectivity index (χ1n) is 7.62. The number of carbonyl (C=O) groups excluding carboxylic acids is 1. The van der Waals surface area contributed by atoms with Crippen LogP contribution in [-0.4, -0.2) is 41.2 Å². The van der Waals surface area contributed by atoms with Crippen LogP contribution in [0, 0.1) is 5.95 Å². The SMILES string of the molecule is CCOC(=O)c1cn2c(-c3cc(OC)c(OC)cc3Cl)c(F)ncc2n1. The van der Waals surface area contributed by atoms with Crippen LogP contribution in [0.4, 0.5) is 4.39 Å². The lowest BCUT2D eigenvalue weighted by Gasteiger charge is -2.13. The van der Waals surface area contributed by atoms with E-state index in [-0.39, 0.29) is 28.7 Å². The van der Waals surface area contributed by atoms with Gasteiger partial charge in [0, 0.05) is 17.8 Å². The average molecular weight is 380 g/mol. The predicted octanol–water partition coefficient (Wildman–Crippen LogP) is 3.38. The van der Waals surface area contributed by atoms with E-state index in [1.165, 1.54) is 43.1 Å². The van der Waals surface area contributed by atoms with Crippen molar-refractivity contribution < 1.29 is 23.4 Å². The number of fused-ring (bicyclic) bond motifs is 1. The van der Waals surface area contributed by atoms with E-state index >= 15 is 0 Å². The second-order valence-electron chi connectivity index (χ2n) is 5.16. The molecule has 3 rings (SSSR count). The summed E-state index contributed by atoms with van der Waals surface area (Å²) in [6.07, 6.45) is 2.59. The minimum Gasteiger partial charge on any atom is -0.493 e. The van der Waals surface area contributed by atoms with Gasteiger partial charge in [-0.15, -0.1) is 0 Å². The van der Waals surface area contributed by atoms with Gasteiger partial charge in [0.2, 0.25) is 5.95 Å². The number of imidazole rings is 1. The Kier molecular flexibility index (Phi) is 4.94. The maximum Gasteiger partial charge on any atom is 0.358 e. The van der Waals surface area contributed by atoms with Crippen molar-refractivity contribution >= 4 is 23.2 Å². The van der Waals surface area contributed by atoms with Gasteiger partial charge in [-0.2, -0.15) is 4.39 Å². The lowest BCUT2D eigenvalue weighted by atomic mass is 10.1. The first kappa shape index (κ1) is 17.9. The number of nitrogens with zero attached hydrogens (tertiary/aromatic N) is 3. The Morgan fingerprint density at radius 2 is 1.96 bits per heavy atom. The summed E-state index contributed by atoms with van der Waals surface area (Å²) in [7, 11) is 2.93. The molecule has 0 fully saturated rings. The van der Waals surface area contributed by atoms with Gasteiger partial charge in [-0.25, -0.2) is 14.8 Å². The summed E-state index contributed by atoms with van der Waals surface area (Å²) in [4.78, 5) is 19.8. The second kappa shape index (κ2) is 7.17. The molecule has 0 bridgehead atoms. The summed E-state index contributed by atoms with van der Waals surface area (Å²) < 4.78 is 31.3. The molecule has 0 spiro atoms. The molecule has 9 heteroatoms. The number of benzene rings is 1. The van der Waals surface area contributed by atoms with Gasteiger partial charge in [0.05, 0.1) is 32.0 Å². The van der Waals surface area contributed by atoms with Crippen molar-refractivity contribution in [2.24, 2.45) is 0 Å². The van der Waals surface area contributed by atoms with Crippen molar-refractivity contribution in [3.05, 3.63) is 41.2 Å². The lowest BCUT2D eigenvalue weighted by Crippen LogP contribution is -2.04. The van der Waals surface area contributed by atoms with Crippen LogP contribution in [0.3, 0.4) is 0 Å². The summed E-state index contributed by atoms with van der Waals surface area (Å²) >= 11 is 6.31. The van der Waals surface area contributed by atoms with Crippen molar-refractivity contribution in [3.8, 4) is 22.8 Å². The zero-order valence-electron chi connectivity index (χ0n) is 14.2. The summed E-state index contributed by atoms with van der Waals surface area (Å²) in [6, 6.07) is 3.04. The molecular formula is C17H15ClFN3O4. The molecule has 0 radical (unpaired) electrons. The monoisotopic (exact) mass is 379 g/mol. The van der Waals surface area contributed by atoms with Crippen LogP contribution in [0.1, 0.15) is 17.4 Å².